The quantitative estimate of drug-likeness (QED) is 0.554. The third kappa shape index (κ3) is 4.64. The first-order valence-corrected chi connectivity index (χ1v) is 8.97. The molecule has 3 aromatic rings. The summed E-state index contributed by atoms with van der Waals surface area (Å²) in [6.07, 6.45) is -4.05. The van der Waals surface area contributed by atoms with Crippen molar-refractivity contribution in [3.8, 4) is 11.1 Å². The lowest BCUT2D eigenvalue weighted by atomic mass is 10.0. The first kappa shape index (κ1) is 22.2. The van der Waals surface area contributed by atoms with Gasteiger partial charge in [0.15, 0.2) is 5.69 Å². The van der Waals surface area contributed by atoms with Gasteiger partial charge in [0.25, 0.3) is 5.91 Å². The van der Waals surface area contributed by atoms with E-state index < -0.39 is 35.1 Å². The number of halogens is 4. The summed E-state index contributed by atoms with van der Waals surface area (Å²) in [5.41, 5.74) is -1.33. The number of carbonyl (C=O) groups excluding carboxylic acids is 2. The summed E-state index contributed by atoms with van der Waals surface area (Å²) in [7, 11) is 1.26. The third-order valence-electron chi connectivity index (χ3n) is 4.34. The number of alkyl halides is 3. The minimum Gasteiger partial charge on any atom is -0.362 e. The van der Waals surface area contributed by atoms with Crippen LogP contribution in [0.5, 0.6) is 0 Å². The van der Waals surface area contributed by atoms with Gasteiger partial charge in [-0.1, -0.05) is 30.3 Å². The van der Waals surface area contributed by atoms with Gasteiger partial charge in [-0.25, -0.2) is 14.0 Å². The summed E-state index contributed by atoms with van der Waals surface area (Å²) in [5, 5.41) is 3.38. The number of nitrogens with zero attached hydrogens (tertiary/aromatic N) is 3. The molecular formula is C21H17F4N3O3. The minimum absolute atomic E-state index is 0.0548. The number of rotatable bonds is 5. The molecule has 0 N–H and O–H groups in total. The Morgan fingerprint density at radius 3 is 2.32 bits per heavy atom. The molecule has 31 heavy (non-hydrogen) atoms. The van der Waals surface area contributed by atoms with Gasteiger partial charge in [0.05, 0.1) is 11.3 Å². The Morgan fingerprint density at radius 1 is 1.10 bits per heavy atom. The molecule has 2 amide bonds. The third-order valence-corrected chi connectivity index (χ3v) is 4.34. The second kappa shape index (κ2) is 8.68. The summed E-state index contributed by atoms with van der Waals surface area (Å²) in [6.45, 7) is 0.745. The van der Waals surface area contributed by atoms with Crippen LogP contribution in [0.25, 0.3) is 11.1 Å². The summed E-state index contributed by atoms with van der Waals surface area (Å²) in [5.74, 6) is -2.48. The molecule has 6 nitrogen and oxygen atoms in total. The molecule has 0 saturated carbocycles. The normalized spacial score (nSPS) is 11.4. The highest BCUT2D eigenvalue weighted by molar-refractivity contribution is 6.22. The number of amides is 2. The van der Waals surface area contributed by atoms with Crippen LogP contribution in [-0.4, -0.2) is 28.7 Å². The number of hydrogen-bond acceptors (Lipinski definition) is 4. The van der Waals surface area contributed by atoms with Gasteiger partial charge in [-0.15, -0.1) is 0 Å². The number of carbonyl (C=O) groups is 2. The number of hydrogen-bond donors (Lipinski definition) is 0. The summed E-state index contributed by atoms with van der Waals surface area (Å²) >= 11 is 0. The van der Waals surface area contributed by atoms with Gasteiger partial charge in [-0.05, 0) is 23.8 Å². The van der Waals surface area contributed by atoms with Crippen molar-refractivity contribution in [3.63, 3.8) is 0 Å². The van der Waals surface area contributed by atoms with Crippen LogP contribution in [0.2, 0.25) is 0 Å². The monoisotopic (exact) mass is 435 g/mol. The topological polar surface area (TPSA) is 64.4 Å². The second-order valence-corrected chi connectivity index (χ2v) is 6.53. The average molecular weight is 435 g/mol. The van der Waals surface area contributed by atoms with Crippen LogP contribution < -0.4 is 4.90 Å². The number of imide groups is 1. The van der Waals surface area contributed by atoms with Gasteiger partial charge in [-0.3, -0.25) is 9.59 Å². The fourth-order valence-corrected chi connectivity index (χ4v) is 3.07. The molecule has 10 heteroatoms. The van der Waals surface area contributed by atoms with Gasteiger partial charge >= 0.3 is 6.18 Å². The molecule has 0 atom stereocenters. The molecule has 0 aliphatic carbocycles. The molecule has 0 radical (unpaired) electrons. The molecule has 0 spiro atoms. The van der Waals surface area contributed by atoms with E-state index >= 15 is 0 Å². The molecule has 1 heterocycles. The molecule has 2 aromatic carbocycles. The summed E-state index contributed by atoms with van der Waals surface area (Å²) < 4.78 is 59.4. The van der Waals surface area contributed by atoms with E-state index in [0.29, 0.717) is 16.0 Å². The maximum absolute atomic E-state index is 13.5. The lowest BCUT2D eigenvalue weighted by Crippen LogP contribution is -2.36. The second-order valence-electron chi connectivity index (χ2n) is 6.53. The number of anilines is 1. The van der Waals surface area contributed by atoms with Gasteiger partial charge in [0.2, 0.25) is 5.91 Å². The van der Waals surface area contributed by atoms with Crippen molar-refractivity contribution in [2.75, 3.05) is 12.0 Å². The lowest BCUT2D eigenvalue weighted by molar-refractivity contribution is -0.142. The SMILES string of the molecule is COCn1cc(C(=O)N(C(C)=O)c2ccccc2-c2ccc(F)cc2)c(C(F)(F)F)n1. The van der Waals surface area contributed by atoms with Crippen molar-refractivity contribution in [3.05, 3.63) is 71.8 Å². The molecule has 0 saturated heterocycles. The van der Waals surface area contributed by atoms with Crippen LogP contribution >= 0.6 is 0 Å². The maximum atomic E-state index is 13.5. The van der Waals surface area contributed by atoms with Crippen LogP contribution in [0.4, 0.5) is 23.2 Å². The van der Waals surface area contributed by atoms with Crippen molar-refractivity contribution in [1.82, 2.24) is 9.78 Å². The van der Waals surface area contributed by atoms with Crippen LogP contribution in [0.15, 0.2) is 54.7 Å². The van der Waals surface area contributed by atoms with Crippen molar-refractivity contribution in [2.24, 2.45) is 0 Å². The molecule has 0 fully saturated rings. The highest BCUT2D eigenvalue weighted by atomic mass is 19.4. The molecule has 0 bridgehead atoms. The molecule has 0 aliphatic heterocycles. The molecule has 0 aliphatic rings. The van der Waals surface area contributed by atoms with Crippen LogP contribution in [0.1, 0.15) is 23.0 Å². The Hall–Kier alpha value is -3.53. The van der Waals surface area contributed by atoms with E-state index in [1.807, 2.05) is 0 Å². The molecule has 162 valence electrons. The number of benzene rings is 2. The van der Waals surface area contributed by atoms with Crippen LogP contribution in [-0.2, 0) is 22.4 Å². The van der Waals surface area contributed by atoms with E-state index in [2.05, 4.69) is 5.10 Å². The minimum atomic E-state index is -4.93. The van der Waals surface area contributed by atoms with Crippen molar-refractivity contribution in [1.29, 1.82) is 0 Å². The highest BCUT2D eigenvalue weighted by Crippen LogP contribution is 2.35. The van der Waals surface area contributed by atoms with E-state index in [1.165, 1.54) is 43.5 Å². The smallest absolute Gasteiger partial charge is 0.362 e. The Kier molecular flexibility index (Phi) is 6.21. The first-order chi connectivity index (χ1) is 14.6. The van der Waals surface area contributed by atoms with Crippen LogP contribution in [0, 0.1) is 5.82 Å². The molecule has 3 rings (SSSR count). The lowest BCUT2D eigenvalue weighted by Gasteiger charge is -2.22. The van der Waals surface area contributed by atoms with Crippen molar-refractivity contribution < 1.29 is 31.9 Å². The van der Waals surface area contributed by atoms with E-state index in [0.717, 1.165) is 17.8 Å². The highest BCUT2D eigenvalue weighted by Gasteiger charge is 2.41. The van der Waals surface area contributed by atoms with E-state index in [4.69, 9.17) is 4.74 Å². The Labute approximate surface area is 174 Å². The summed E-state index contributed by atoms with van der Waals surface area (Å²) in [4.78, 5) is 26.2. The summed E-state index contributed by atoms with van der Waals surface area (Å²) in [6, 6.07) is 11.4. The Bertz CT molecular complexity index is 1110. The zero-order chi connectivity index (χ0) is 22.8. The fraction of sp³-hybridized carbons (Fsp3) is 0.190. The fourth-order valence-electron chi connectivity index (χ4n) is 3.07. The van der Waals surface area contributed by atoms with E-state index in [-0.39, 0.29) is 12.4 Å². The zero-order valence-electron chi connectivity index (χ0n) is 16.5. The number of methoxy groups -OCH3 is 1. The molecular weight excluding hydrogens is 418 g/mol. The average Bonchev–Trinajstić information content (AvgIpc) is 3.14. The van der Waals surface area contributed by atoms with E-state index in [9.17, 15) is 27.2 Å². The van der Waals surface area contributed by atoms with Crippen molar-refractivity contribution >= 4 is 17.5 Å². The molecule has 1 aromatic heterocycles. The van der Waals surface area contributed by atoms with Crippen LogP contribution in [0.3, 0.4) is 0 Å². The maximum Gasteiger partial charge on any atom is 0.435 e. The van der Waals surface area contributed by atoms with Gasteiger partial charge in [-0.2, -0.15) is 18.3 Å². The first-order valence-electron chi connectivity index (χ1n) is 8.97. The standard InChI is InChI=1S/C21H17F4N3O3/c1-13(29)28(18-6-4-3-5-16(18)14-7-9-15(22)10-8-14)20(30)17-11-27(12-31-2)26-19(17)21(23,24)25/h3-11H,12H2,1-2H3. The Morgan fingerprint density at radius 2 is 1.74 bits per heavy atom. The van der Waals surface area contributed by atoms with Gasteiger partial charge in [0, 0.05) is 25.8 Å². The molecule has 0 unspecified atom stereocenters. The number of aromatic nitrogens is 2. The predicted octanol–water partition coefficient (Wildman–Crippen LogP) is 4.51. The predicted molar refractivity (Wildman–Crippen MR) is 104 cm³/mol. The van der Waals surface area contributed by atoms with E-state index in [1.54, 1.807) is 12.1 Å². The van der Waals surface area contributed by atoms with Gasteiger partial charge < -0.3 is 4.74 Å². The van der Waals surface area contributed by atoms with Gasteiger partial charge in [0.1, 0.15) is 12.5 Å². The van der Waals surface area contributed by atoms with Crippen molar-refractivity contribution in [2.45, 2.75) is 19.8 Å². The number of para-hydroxylation sites is 1. The largest absolute Gasteiger partial charge is 0.435 e. The zero-order valence-corrected chi connectivity index (χ0v) is 16.5. The number of ether oxygens (including phenoxy) is 1. The Balaban J connectivity index is 2.14.